The average Bonchev–Trinajstić information content (AvgIpc) is 2.49. The van der Waals surface area contributed by atoms with Gasteiger partial charge in [-0.2, -0.15) is 0 Å². The number of hydrogen-bond acceptors (Lipinski definition) is 1. The predicted octanol–water partition coefficient (Wildman–Crippen LogP) is 3.52. The molecule has 1 aromatic carbocycles. The fraction of sp³-hybridized carbons (Fsp3) is 0.200. The Morgan fingerprint density at radius 3 is 2.75 bits per heavy atom. The molecule has 0 amide bonds. The van der Waals surface area contributed by atoms with Crippen molar-refractivity contribution in [3.8, 4) is 0 Å². The SMILES string of the molecule is C[SH](C)c1ccc2ccsc2c1. The van der Waals surface area contributed by atoms with Crippen molar-refractivity contribution in [2.45, 2.75) is 4.90 Å². The largest absolute Gasteiger partial charge is 0.233 e. The van der Waals surface area contributed by atoms with Gasteiger partial charge in [-0.3, -0.25) is 0 Å². The van der Waals surface area contributed by atoms with Crippen LogP contribution < -0.4 is 0 Å². The Bertz CT molecular complexity index is 387. The van der Waals surface area contributed by atoms with E-state index < -0.39 is 0 Å². The van der Waals surface area contributed by atoms with Crippen molar-refractivity contribution in [3.05, 3.63) is 29.6 Å². The molecule has 0 aliphatic rings. The Kier molecular flexibility index (Phi) is 2.11. The maximum atomic E-state index is 2.33. The molecule has 1 heterocycles. The third-order valence-corrected chi connectivity index (χ3v) is 4.15. The molecule has 0 N–H and O–H groups in total. The molecule has 0 aliphatic heterocycles. The molecule has 1 aromatic heterocycles. The molecule has 2 rings (SSSR count). The van der Waals surface area contributed by atoms with E-state index in [0.717, 1.165) is 0 Å². The number of thiol groups is 1. The van der Waals surface area contributed by atoms with E-state index in [1.165, 1.54) is 15.0 Å². The highest BCUT2D eigenvalue weighted by Gasteiger charge is 1.98. The summed E-state index contributed by atoms with van der Waals surface area (Å²) in [6.07, 6.45) is 4.59. The standard InChI is InChI=1S/C10H12S2/c1-12(2)9-4-3-8-5-6-11-10(8)7-9/h3-7,12H,1-2H3. The summed E-state index contributed by atoms with van der Waals surface area (Å²) in [6, 6.07) is 8.98. The van der Waals surface area contributed by atoms with E-state index >= 15 is 0 Å². The van der Waals surface area contributed by atoms with E-state index in [-0.39, 0.29) is 10.9 Å². The molecule has 2 aromatic rings. The Labute approximate surface area is 79.6 Å². The van der Waals surface area contributed by atoms with Gasteiger partial charge in [0.25, 0.3) is 0 Å². The van der Waals surface area contributed by atoms with Crippen LogP contribution in [0.25, 0.3) is 10.1 Å². The first-order valence-corrected chi connectivity index (χ1v) is 7.03. The second kappa shape index (κ2) is 3.11. The van der Waals surface area contributed by atoms with Crippen LogP contribution in [-0.4, -0.2) is 12.5 Å². The molecule has 0 atom stereocenters. The number of fused-ring (bicyclic) bond motifs is 1. The Balaban J connectivity index is 2.60. The summed E-state index contributed by atoms with van der Waals surface area (Å²) < 4.78 is 1.42. The van der Waals surface area contributed by atoms with Gasteiger partial charge in [0.05, 0.1) is 0 Å². The molecule has 0 spiro atoms. The summed E-state index contributed by atoms with van der Waals surface area (Å²) in [7, 11) is 0.0568. The zero-order valence-corrected chi connectivity index (χ0v) is 8.95. The summed E-state index contributed by atoms with van der Waals surface area (Å²) in [5.74, 6) is 0. The van der Waals surface area contributed by atoms with Crippen LogP contribution >= 0.6 is 22.2 Å². The minimum atomic E-state index is 0.0568. The van der Waals surface area contributed by atoms with Crippen LogP contribution in [0.5, 0.6) is 0 Å². The van der Waals surface area contributed by atoms with Crippen LogP contribution in [-0.2, 0) is 0 Å². The van der Waals surface area contributed by atoms with Gasteiger partial charge in [0.1, 0.15) is 0 Å². The minimum Gasteiger partial charge on any atom is -0.233 e. The molecule has 0 nitrogen and oxygen atoms in total. The molecule has 0 unspecified atom stereocenters. The zero-order valence-electron chi connectivity index (χ0n) is 7.24. The maximum absolute atomic E-state index is 2.33. The minimum absolute atomic E-state index is 0.0568. The van der Waals surface area contributed by atoms with Gasteiger partial charge >= 0.3 is 0 Å². The van der Waals surface area contributed by atoms with Crippen LogP contribution in [0.3, 0.4) is 0 Å². The summed E-state index contributed by atoms with van der Waals surface area (Å²) in [5, 5.41) is 3.53. The number of hydrogen-bond donors (Lipinski definition) is 1. The van der Waals surface area contributed by atoms with Gasteiger partial charge in [0, 0.05) is 4.70 Å². The number of benzene rings is 1. The van der Waals surface area contributed by atoms with Gasteiger partial charge in [-0.05, 0) is 46.4 Å². The summed E-state index contributed by atoms with van der Waals surface area (Å²) in [4.78, 5) is 1.50. The lowest BCUT2D eigenvalue weighted by molar-refractivity contribution is 1.51. The van der Waals surface area contributed by atoms with Gasteiger partial charge < -0.3 is 0 Å². The lowest BCUT2D eigenvalue weighted by atomic mass is 10.3. The van der Waals surface area contributed by atoms with Crippen molar-refractivity contribution < 1.29 is 0 Å². The molecular weight excluding hydrogens is 184 g/mol. The summed E-state index contributed by atoms with van der Waals surface area (Å²) in [5.41, 5.74) is 0. The Morgan fingerprint density at radius 1 is 1.17 bits per heavy atom. The second-order valence-corrected chi connectivity index (χ2v) is 6.29. The van der Waals surface area contributed by atoms with E-state index in [4.69, 9.17) is 0 Å². The van der Waals surface area contributed by atoms with Crippen molar-refractivity contribution >= 4 is 32.3 Å². The number of thiophene rings is 1. The van der Waals surface area contributed by atoms with Gasteiger partial charge in [-0.25, -0.2) is 10.9 Å². The molecule has 64 valence electrons. The quantitative estimate of drug-likeness (QED) is 0.663. The van der Waals surface area contributed by atoms with Crippen molar-refractivity contribution in [2.24, 2.45) is 0 Å². The first kappa shape index (κ1) is 8.14. The third kappa shape index (κ3) is 1.37. The average molecular weight is 196 g/mol. The van der Waals surface area contributed by atoms with E-state index in [0.29, 0.717) is 0 Å². The van der Waals surface area contributed by atoms with Crippen LogP contribution in [0.1, 0.15) is 0 Å². The van der Waals surface area contributed by atoms with E-state index in [1.54, 1.807) is 0 Å². The highest BCUT2D eigenvalue weighted by molar-refractivity contribution is 8.15. The molecule has 0 radical (unpaired) electrons. The van der Waals surface area contributed by atoms with Gasteiger partial charge in [0.15, 0.2) is 0 Å². The van der Waals surface area contributed by atoms with Crippen molar-refractivity contribution in [2.75, 3.05) is 12.5 Å². The van der Waals surface area contributed by atoms with Gasteiger partial charge in [-0.15, -0.1) is 11.3 Å². The van der Waals surface area contributed by atoms with E-state index in [9.17, 15) is 0 Å². The van der Waals surface area contributed by atoms with E-state index in [1.807, 2.05) is 11.3 Å². The number of rotatable bonds is 1. The molecular formula is C10H12S2. The molecule has 0 aliphatic carbocycles. The second-order valence-electron chi connectivity index (χ2n) is 3.04. The normalized spacial score (nSPS) is 12.0. The molecule has 0 fully saturated rings. The summed E-state index contributed by atoms with van der Waals surface area (Å²) >= 11 is 1.83. The first-order chi connectivity index (χ1) is 5.77. The van der Waals surface area contributed by atoms with Crippen molar-refractivity contribution in [3.63, 3.8) is 0 Å². The molecule has 0 saturated heterocycles. The smallest absolute Gasteiger partial charge is 0.0353 e. The third-order valence-electron chi connectivity index (χ3n) is 1.96. The first-order valence-electron chi connectivity index (χ1n) is 3.92. The Hall–Kier alpha value is -0.470. The van der Waals surface area contributed by atoms with Gasteiger partial charge in [0.2, 0.25) is 0 Å². The molecule has 2 heteroatoms. The molecule has 0 bridgehead atoms. The molecule has 0 saturated carbocycles. The van der Waals surface area contributed by atoms with E-state index in [2.05, 4.69) is 42.2 Å². The van der Waals surface area contributed by atoms with Gasteiger partial charge in [-0.1, -0.05) is 6.07 Å². The van der Waals surface area contributed by atoms with Crippen molar-refractivity contribution in [1.29, 1.82) is 0 Å². The lowest BCUT2D eigenvalue weighted by Gasteiger charge is -2.08. The fourth-order valence-corrected chi connectivity index (χ4v) is 2.90. The van der Waals surface area contributed by atoms with Crippen molar-refractivity contribution in [1.82, 2.24) is 0 Å². The lowest BCUT2D eigenvalue weighted by Crippen LogP contribution is -1.75. The highest BCUT2D eigenvalue weighted by atomic mass is 32.2. The van der Waals surface area contributed by atoms with Crippen LogP contribution in [0.4, 0.5) is 0 Å². The Morgan fingerprint density at radius 2 is 2.00 bits per heavy atom. The highest BCUT2D eigenvalue weighted by Crippen LogP contribution is 2.32. The van der Waals surface area contributed by atoms with Crippen LogP contribution in [0, 0.1) is 0 Å². The predicted molar refractivity (Wildman–Crippen MR) is 60.9 cm³/mol. The maximum Gasteiger partial charge on any atom is 0.0353 e. The topological polar surface area (TPSA) is 0 Å². The fourth-order valence-electron chi connectivity index (χ4n) is 1.22. The zero-order chi connectivity index (χ0) is 8.55. The molecule has 12 heavy (non-hydrogen) atoms. The summed E-state index contributed by atoms with van der Waals surface area (Å²) in [6.45, 7) is 0. The monoisotopic (exact) mass is 196 g/mol. The van der Waals surface area contributed by atoms with Crippen LogP contribution in [0.15, 0.2) is 34.5 Å². The van der Waals surface area contributed by atoms with Crippen LogP contribution in [0.2, 0.25) is 0 Å².